The Kier molecular flexibility index (Phi) is 6.15. The van der Waals surface area contributed by atoms with Crippen LogP contribution in [0.2, 0.25) is 0 Å². The van der Waals surface area contributed by atoms with E-state index in [1.54, 1.807) is 31.2 Å². The zero-order valence-corrected chi connectivity index (χ0v) is 17.4. The smallest absolute Gasteiger partial charge is 0.411 e. The van der Waals surface area contributed by atoms with Crippen LogP contribution in [0, 0.1) is 34.6 Å². The van der Waals surface area contributed by atoms with E-state index in [1.165, 1.54) is 0 Å². The second-order valence-electron chi connectivity index (χ2n) is 6.48. The third kappa shape index (κ3) is 4.42. The van der Waals surface area contributed by atoms with Crippen molar-refractivity contribution in [2.75, 3.05) is 16.6 Å². The van der Waals surface area contributed by atoms with Crippen molar-refractivity contribution in [1.82, 2.24) is 0 Å². The molecule has 7 heteroatoms. The molecule has 0 radical (unpaired) electrons. The highest BCUT2D eigenvalue weighted by Gasteiger charge is 2.23. The number of carbonyl (C=O) groups is 1. The summed E-state index contributed by atoms with van der Waals surface area (Å²) in [5.41, 5.74) is 5.51. The van der Waals surface area contributed by atoms with E-state index < -0.39 is 16.1 Å². The maximum Gasteiger partial charge on any atom is 0.411 e. The molecule has 6 nitrogen and oxygen atoms in total. The van der Waals surface area contributed by atoms with Crippen LogP contribution in [0.5, 0.6) is 0 Å². The highest BCUT2D eigenvalue weighted by atomic mass is 32.2. The summed E-state index contributed by atoms with van der Waals surface area (Å²) in [6.45, 7) is 11.5. The van der Waals surface area contributed by atoms with E-state index in [0.717, 1.165) is 27.8 Å². The van der Waals surface area contributed by atoms with Gasteiger partial charge in [0.25, 0.3) is 10.0 Å². The number of sulfonamides is 1. The second kappa shape index (κ2) is 8.00. The molecule has 0 unspecified atom stereocenters. The summed E-state index contributed by atoms with van der Waals surface area (Å²) in [7, 11) is -3.74. The summed E-state index contributed by atoms with van der Waals surface area (Å²) >= 11 is 0. The summed E-state index contributed by atoms with van der Waals surface area (Å²) in [5.74, 6) is 0. The van der Waals surface area contributed by atoms with Crippen LogP contribution in [0.3, 0.4) is 0 Å². The molecular formula is C20H26N2O4S. The first-order valence-electron chi connectivity index (χ1n) is 8.72. The van der Waals surface area contributed by atoms with Crippen molar-refractivity contribution in [3.63, 3.8) is 0 Å². The third-order valence-electron chi connectivity index (χ3n) is 4.86. The maximum atomic E-state index is 13.0. The molecule has 2 aromatic rings. The van der Waals surface area contributed by atoms with Crippen LogP contribution in [0.1, 0.15) is 34.7 Å². The monoisotopic (exact) mass is 390 g/mol. The van der Waals surface area contributed by atoms with Crippen LogP contribution in [0.15, 0.2) is 29.2 Å². The minimum atomic E-state index is -3.74. The first-order valence-corrected chi connectivity index (χ1v) is 10.2. The van der Waals surface area contributed by atoms with Crippen LogP contribution >= 0.6 is 0 Å². The van der Waals surface area contributed by atoms with E-state index in [9.17, 15) is 13.2 Å². The molecule has 0 bridgehead atoms. The molecule has 2 N–H and O–H groups in total. The number of carbonyl (C=O) groups excluding carboxylic acids is 1. The van der Waals surface area contributed by atoms with Gasteiger partial charge in [-0.15, -0.1) is 0 Å². The minimum Gasteiger partial charge on any atom is -0.450 e. The molecule has 0 aliphatic heterocycles. The Morgan fingerprint density at radius 1 is 0.852 bits per heavy atom. The van der Waals surface area contributed by atoms with Crippen molar-refractivity contribution < 1.29 is 17.9 Å². The van der Waals surface area contributed by atoms with E-state index in [1.807, 2.05) is 34.6 Å². The van der Waals surface area contributed by atoms with E-state index >= 15 is 0 Å². The number of hydrogen-bond acceptors (Lipinski definition) is 4. The Bertz CT molecular complexity index is 935. The molecule has 146 valence electrons. The van der Waals surface area contributed by atoms with E-state index in [0.29, 0.717) is 16.3 Å². The first-order chi connectivity index (χ1) is 12.6. The molecule has 0 aliphatic rings. The van der Waals surface area contributed by atoms with E-state index in [4.69, 9.17) is 4.74 Å². The molecule has 27 heavy (non-hydrogen) atoms. The molecule has 0 atom stereocenters. The number of benzene rings is 2. The Morgan fingerprint density at radius 2 is 1.30 bits per heavy atom. The van der Waals surface area contributed by atoms with Gasteiger partial charge in [0, 0.05) is 11.4 Å². The SMILES string of the molecule is CCOC(=O)Nc1ccc(NS(=O)(=O)c2c(C)c(C)c(C)c(C)c2C)cc1. The zero-order chi connectivity index (χ0) is 20.4. The van der Waals surface area contributed by atoms with E-state index in [-0.39, 0.29) is 6.61 Å². The van der Waals surface area contributed by atoms with Crippen molar-refractivity contribution in [1.29, 1.82) is 0 Å². The van der Waals surface area contributed by atoms with Crippen LogP contribution in [-0.4, -0.2) is 21.1 Å². The lowest BCUT2D eigenvalue weighted by Gasteiger charge is -2.19. The lowest BCUT2D eigenvalue weighted by Crippen LogP contribution is -2.18. The van der Waals surface area contributed by atoms with Crippen LogP contribution < -0.4 is 10.0 Å². The molecule has 2 rings (SSSR count). The number of hydrogen-bond donors (Lipinski definition) is 2. The normalized spacial score (nSPS) is 11.2. The average Bonchev–Trinajstić information content (AvgIpc) is 2.60. The first kappa shape index (κ1) is 20.8. The molecule has 0 saturated heterocycles. The van der Waals surface area contributed by atoms with E-state index in [2.05, 4.69) is 10.0 Å². The Hall–Kier alpha value is -2.54. The molecule has 2 aromatic carbocycles. The van der Waals surface area contributed by atoms with Gasteiger partial charge in [-0.05, 0) is 93.6 Å². The molecule has 0 spiro atoms. The van der Waals surface area contributed by atoms with Crippen LogP contribution in [-0.2, 0) is 14.8 Å². The highest BCUT2D eigenvalue weighted by molar-refractivity contribution is 7.92. The van der Waals surface area contributed by atoms with Crippen LogP contribution in [0.4, 0.5) is 16.2 Å². The Morgan fingerprint density at radius 3 is 1.78 bits per heavy atom. The number of nitrogens with one attached hydrogen (secondary N) is 2. The predicted molar refractivity (Wildman–Crippen MR) is 108 cm³/mol. The number of amides is 1. The highest BCUT2D eigenvalue weighted by Crippen LogP contribution is 2.31. The number of rotatable bonds is 5. The molecule has 0 aromatic heterocycles. The van der Waals surface area contributed by atoms with Gasteiger partial charge in [-0.2, -0.15) is 0 Å². The van der Waals surface area contributed by atoms with Gasteiger partial charge < -0.3 is 4.74 Å². The fraction of sp³-hybridized carbons (Fsp3) is 0.350. The number of anilines is 2. The Balaban J connectivity index is 2.31. The molecule has 0 heterocycles. The fourth-order valence-corrected chi connectivity index (χ4v) is 4.64. The van der Waals surface area contributed by atoms with Gasteiger partial charge in [0.2, 0.25) is 0 Å². The summed E-state index contributed by atoms with van der Waals surface area (Å²) < 4.78 is 33.4. The zero-order valence-electron chi connectivity index (χ0n) is 16.6. The molecule has 0 fully saturated rings. The van der Waals surface area contributed by atoms with Gasteiger partial charge in [-0.25, -0.2) is 13.2 Å². The molecule has 1 amide bonds. The van der Waals surface area contributed by atoms with Crippen molar-refractivity contribution in [2.45, 2.75) is 46.4 Å². The van der Waals surface area contributed by atoms with Gasteiger partial charge in [-0.1, -0.05) is 0 Å². The predicted octanol–water partition coefficient (Wildman–Crippen LogP) is 4.60. The average molecular weight is 391 g/mol. The summed E-state index contributed by atoms with van der Waals surface area (Å²) in [6.07, 6.45) is -0.553. The van der Waals surface area contributed by atoms with Crippen molar-refractivity contribution >= 4 is 27.5 Å². The lowest BCUT2D eigenvalue weighted by molar-refractivity contribution is 0.168. The van der Waals surface area contributed by atoms with Gasteiger partial charge in [0.15, 0.2) is 0 Å². The third-order valence-corrected chi connectivity index (χ3v) is 6.51. The van der Waals surface area contributed by atoms with Crippen LogP contribution in [0.25, 0.3) is 0 Å². The van der Waals surface area contributed by atoms with Gasteiger partial charge in [0.1, 0.15) is 0 Å². The molecular weight excluding hydrogens is 364 g/mol. The molecule has 0 saturated carbocycles. The summed E-state index contributed by atoms with van der Waals surface area (Å²) in [4.78, 5) is 11.7. The standard InChI is InChI=1S/C20H26N2O4S/c1-7-26-20(23)21-17-8-10-18(11-9-17)22-27(24,25)19-15(5)13(3)12(2)14(4)16(19)6/h8-11,22H,7H2,1-6H3,(H,21,23). The van der Waals surface area contributed by atoms with Gasteiger partial charge in [-0.3, -0.25) is 10.0 Å². The summed E-state index contributed by atoms with van der Waals surface area (Å²) in [6, 6.07) is 6.41. The minimum absolute atomic E-state index is 0.276. The van der Waals surface area contributed by atoms with Crippen molar-refractivity contribution in [2.24, 2.45) is 0 Å². The largest absolute Gasteiger partial charge is 0.450 e. The second-order valence-corrected chi connectivity index (χ2v) is 8.10. The maximum absolute atomic E-state index is 13.0. The van der Waals surface area contributed by atoms with Gasteiger partial charge in [0.05, 0.1) is 11.5 Å². The van der Waals surface area contributed by atoms with Gasteiger partial charge >= 0.3 is 6.09 Å². The Labute approximate surface area is 161 Å². The topological polar surface area (TPSA) is 84.5 Å². The number of ether oxygens (including phenoxy) is 1. The lowest BCUT2D eigenvalue weighted by atomic mass is 9.95. The quantitative estimate of drug-likeness (QED) is 0.781. The van der Waals surface area contributed by atoms with Crippen molar-refractivity contribution in [3.05, 3.63) is 52.1 Å². The fourth-order valence-electron chi connectivity index (χ4n) is 2.98. The molecule has 0 aliphatic carbocycles. The summed E-state index contributed by atoms with van der Waals surface area (Å²) in [5, 5.41) is 2.57. The van der Waals surface area contributed by atoms with Crippen molar-refractivity contribution in [3.8, 4) is 0 Å².